The van der Waals surface area contributed by atoms with Crippen molar-refractivity contribution in [2.75, 3.05) is 32.7 Å². The Balaban J connectivity index is 1.85. The van der Waals surface area contributed by atoms with Crippen LogP contribution in [0.25, 0.3) is 11.0 Å². The normalized spacial score (nSPS) is 15.0. The summed E-state index contributed by atoms with van der Waals surface area (Å²) in [4.78, 5) is 13.5. The fourth-order valence-corrected chi connectivity index (χ4v) is 4.03. The molecule has 0 aliphatic carbocycles. The average Bonchev–Trinajstić information content (AvgIpc) is 3.01. The Morgan fingerprint density at radius 1 is 1.14 bits per heavy atom. The molecule has 1 aliphatic rings. The zero-order chi connectivity index (χ0) is 20.4. The third-order valence-corrected chi connectivity index (χ3v) is 5.44. The minimum Gasteiger partial charge on any atom is -0.496 e. The van der Waals surface area contributed by atoms with E-state index in [0.29, 0.717) is 37.8 Å². The maximum absolute atomic E-state index is 13.5. The molecule has 0 unspecified atom stereocenters. The van der Waals surface area contributed by atoms with Gasteiger partial charge in [0, 0.05) is 42.6 Å². The van der Waals surface area contributed by atoms with E-state index in [1.165, 1.54) is 0 Å². The number of fused-ring (bicyclic) bond motifs is 1. The second-order valence-electron chi connectivity index (χ2n) is 7.24. The molecule has 0 radical (unpaired) electrons. The van der Waals surface area contributed by atoms with Gasteiger partial charge in [0.25, 0.3) is 0 Å². The van der Waals surface area contributed by atoms with E-state index in [1.54, 1.807) is 17.7 Å². The molecule has 29 heavy (non-hydrogen) atoms. The van der Waals surface area contributed by atoms with E-state index in [-0.39, 0.29) is 11.7 Å². The Morgan fingerprint density at radius 3 is 2.66 bits per heavy atom. The van der Waals surface area contributed by atoms with Crippen molar-refractivity contribution in [2.24, 2.45) is 0 Å². The van der Waals surface area contributed by atoms with E-state index < -0.39 is 0 Å². The molecule has 1 saturated heterocycles. The molecule has 4 rings (SSSR count). The Bertz CT molecular complexity index is 1060. The third kappa shape index (κ3) is 3.70. The molecule has 0 bridgehead atoms. The molecule has 1 aromatic heterocycles. The Kier molecular flexibility index (Phi) is 5.49. The van der Waals surface area contributed by atoms with E-state index >= 15 is 0 Å². The fraction of sp³-hybridized carbons (Fsp3) is 0.409. The highest BCUT2D eigenvalue weighted by Crippen LogP contribution is 2.29. The van der Waals surface area contributed by atoms with Gasteiger partial charge in [0.1, 0.15) is 11.5 Å². The Labute approximate surface area is 169 Å². The van der Waals surface area contributed by atoms with Crippen LogP contribution in [0.1, 0.15) is 31.4 Å². The van der Waals surface area contributed by atoms with Gasteiger partial charge in [0.05, 0.1) is 31.3 Å². The predicted molar refractivity (Wildman–Crippen MR) is 113 cm³/mol. The molecule has 154 valence electrons. The summed E-state index contributed by atoms with van der Waals surface area (Å²) in [7, 11) is 1.61. The van der Waals surface area contributed by atoms with E-state index in [1.807, 2.05) is 41.8 Å². The summed E-state index contributed by atoms with van der Waals surface area (Å²) in [5.41, 5.74) is 9.16. The van der Waals surface area contributed by atoms with Crippen LogP contribution in [-0.2, 0) is 11.3 Å². The molecule has 1 fully saturated rings. The number of hydrogen-bond acceptors (Lipinski definition) is 5. The largest absolute Gasteiger partial charge is 0.496 e. The van der Waals surface area contributed by atoms with Crippen LogP contribution >= 0.6 is 0 Å². The Morgan fingerprint density at radius 2 is 1.93 bits per heavy atom. The van der Waals surface area contributed by atoms with Gasteiger partial charge in [-0.05, 0) is 38.0 Å². The molecule has 2 aromatic carbocycles. The van der Waals surface area contributed by atoms with Crippen LogP contribution in [0.2, 0.25) is 0 Å². The van der Waals surface area contributed by atoms with Gasteiger partial charge >= 0.3 is 5.69 Å². The van der Waals surface area contributed by atoms with Crippen molar-refractivity contribution in [1.82, 2.24) is 9.13 Å². The van der Waals surface area contributed by atoms with Crippen LogP contribution in [-0.4, -0.2) is 36.1 Å². The zero-order valence-electron chi connectivity index (χ0n) is 16.9. The summed E-state index contributed by atoms with van der Waals surface area (Å²) in [5.74, 6) is 1.44. The summed E-state index contributed by atoms with van der Waals surface area (Å²) in [6.45, 7) is 4.27. The first-order chi connectivity index (χ1) is 14.1. The van der Waals surface area contributed by atoms with E-state index in [4.69, 9.17) is 19.9 Å². The second kappa shape index (κ2) is 8.21. The number of nitrogens with two attached hydrogens (primary N) is 1. The molecule has 0 spiro atoms. The number of imidazole rings is 1. The van der Waals surface area contributed by atoms with Crippen molar-refractivity contribution in [3.8, 4) is 11.5 Å². The van der Waals surface area contributed by atoms with Gasteiger partial charge in [0.15, 0.2) is 0 Å². The second-order valence-corrected chi connectivity index (χ2v) is 7.24. The number of anilines is 1. The van der Waals surface area contributed by atoms with Gasteiger partial charge in [-0.3, -0.25) is 9.13 Å². The summed E-state index contributed by atoms with van der Waals surface area (Å²) < 4.78 is 20.4. The number of ether oxygens (including phenoxy) is 3. The standard InChI is InChI=1S/C22H27N3O4/c1-3-29-18-6-7-19-20(13-18)25(17-8-10-28-11-9-17)22(26)24(19)14-15-4-5-16(23)12-21(15)27-2/h4-7,12-13,17H,3,8-11,14,23H2,1-2H3. The van der Waals surface area contributed by atoms with Crippen molar-refractivity contribution in [3.63, 3.8) is 0 Å². The minimum absolute atomic E-state index is 0.0283. The number of rotatable bonds is 6. The minimum atomic E-state index is -0.0283. The lowest BCUT2D eigenvalue weighted by atomic mass is 10.1. The monoisotopic (exact) mass is 397 g/mol. The topological polar surface area (TPSA) is 80.6 Å². The molecule has 2 N–H and O–H groups in total. The average molecular weight is 397 g/mol. The molecule has 3 aromatic rings. The Hall–Kier alpha value is -2.93. The van der Waals surface area contributed by atoms with Crippen LogP contribution in [0, 0.1) is 0 Å². The first-order valence-electron chi connectivity index (χ1n) is 10.00. The molecule has 2 heterocycles. The van der Waals surface area contributed by atoms with E-state index in [2.05, 4.69) is 0 Å². The van der Waals surface area contributed by atoms with Crippen LogP contribution in [0.5, 0.6) is 11.5 Å². The summed E-state index contributed by atoms with van der Waals surface area (Å²) >= 11 is 0. The van der Waals surface area contributed by atoms with Crippen molar-refractivity contribution < 1.29 is 14.2 Å². The number of nitrogens with zero attached hydrogens (tertiary/aromatic N) is 2. The van der Waals surface area contributed by atoms with Crippen LogP contribution in [0.15, 0.2) is 41.2 Å². The van der Waals surface area contributed by atoms with Crippen LogP contribution < -0.4 is 20.9 Å². The summed E-state index contributed by atoms with van der Waals surface area (Å²) in [6.07, 6.45) is 1.64. The first kappa shape index (κ1) is 19.4. The van der Waals surface area contributed by atoms with Crippen molar-refractivity contribution in [1.29, 1.82) is 0 Å². The van der Waals surface area contributed by atoms with Gasteiger partial charge in [-0.1, -0.05) is 6.07 Å². The predicted octanol–water partition coefficient (Wildman–Crippen LogP) is 3.19. The highest BCUT2D eigenvalue weighted by atomic mass is 16.5. The van der Waals surface area contributed by atoms with Gasteiger partial charge in [-0.15, -0.1) is 0 Å². The maximum Gasteiger partial charge on any atom is 0.329 e. The molecule has 7 heteroatoms. The van der Waals surface area contributed by atoms with E-state index in [9.17, 15) is 4.79 Å². The van der Waals surface area contributed by atoms with E-state index in [0.717, 1.165) is 35.2 Å². The molecule has 0 atom stereocenters. The fourth-order valence-electron chi connectivity index (χ4n) is 4.03. The summed E-state index contributed by atoms with van der Waals surface area (Å²) in [6, 6.07) is 11.5. The first-order valence-corrected chi connectivity index (χ1v) is 10.00. The van der Waals surface area contributed by atoms with Gasteiger partial charge in [-0.2, -0.15) is 0 Å². The molecular formula is C22H27N3O4. The number of aromatic nitrogens is 2. The SMILES string of the molecule is CCOc1ccc2c(c1)n(C1CCOCC1)c(=O)n2Cc1ccc(N)cc1OC. The zero-order valence-corrected chi connectivity index (χ0v) is 16.9. The number of hydrogen-bond donors (Lipinski definition) is 1. The molecule has 0 saturated carbocycles. The molecular weight excluding hydrogens is 370 g/mol. The highest BCUT2D eigenvalue weighted by Gasteiger charge is 2.23. The highest BCUT2D eigenvalue weighted by molar-refractivity contribution is 5.78. The van der Waals surface area contributed by atoms with Gasteiger partial charge in [0.2, 0.25) is 0 Å². The molecule has 1 aliphatic heterocycles. The number of methoxy groups -OCH3 is 1. The van der Waals surface area contributed by atoms with Crippen LogP contribution in [0.4, 0.5) is 5.69 Å². The molecule has 7 nitrogen and oxygen atoms in total. The van der Waals surface area contributed by atoms with Gasteiger partial charge in [-0.25, -0.2) is 4.79 Å². The maximum atomic E-state index is 13.5. The third-order valence-electron chi connectivity index (χ3n) is 5.44. The van der Waals surface area contributed by atoms with Gasteiger partial charge < -0.3 is 19.9 Å². The quantitative estimate of drug-likeness (QED) is 0.646. The number of benzene rings is 2. The lowest BCUT2D eigenvalue weighted by Gasteiger charge is -2.23. The lowest BCUT2D eigenvalue weighted by Crippen LogP contribution is -2.31. The van der Waals surface area contributed by atoms with Crippen molar-refractivity contribution in [2.45, 2.75) is 32.4 Å². The van der Waals surface area contributed by atoms with Crippen LogP contribution in [0.3, 0.4) is 0 Å². The smallest absolute Gasteiger partial charge is 0.329 e. The molecule has 0 amide bonds. The van der Waals surface area contributed by atoms with Crippen molar-refractivity contribution >= 4 is 16.7 Å². The summed E-state index contributed by atoms with van der Waals surface area (Å²) in [5, 5.41) is 0. The lowest BCUT2D eigenvalue weighted by molar-refractivity contribution is 0.0696. The number of nitrogen functional groups attached to an aromatic ring is 1. The van der Waals surface area contributed by atoms with Crippen molar-refractivity contribution in [3.05, 3.63) is 52.4 Å².